The first-order valence-corrected chi connectivity index (χ1v) is 7.21. The van der Waals surface area contributed by atoms with E-state index in [1.807, 2.05) is 7.05 Å². The second kappa shape index (κ2) is 5.57. The lowest BCUT2D eigenvalue weighted by Gasteiger charge is -2.39. The number of aromatic nitrogens is 1. The summed E-state index contributed by atoms with van der Waals surface area (Å²) in [5.74, 6) is 0.398. The first-order valence-electron chi connectivity index (χ1n) is 7.21. The van der Waals surface area contributed by atoms with Gasteiger partial charge in [0.15, 0.2) is 5.79 Å². The number of hydrogen-bond donors (Lipinski definition) is 0. The summed E-state index contributed by atoms with van der Waals surface area (Å²) in [5.41, 5.74) is 0.0162. The van der Waals surface area contributed by atoms with E-state index in [0.717, 1.165) is 31.5 Å². The molecule has 1 aliphatic heterocycles. The Morgan fingerprint density at radius 1 is 1.33 bits per heavy atom. The average molecular weight is 293 g/mol. The molecule has 1 spiro atoms. The summed E-state index contributed by atoms with van der Waals surface area (Å²) in [5, 5.41) is 10.7. The summed E-state index contributed by atoms with van der Waals surface area (Å²) in [4.78, 5) is 16.5. The third-order valence-corrected chi connectivity index (χ3v) is 4.38. The number of ether oxygens (including phenoxy) is 2. The Hall–Kier alpha value is -1.73. The van der Waals surface area contributed by atoms with Crippen molar-refractivity contribution < 1.29 is 14.4 Å². The van der Waals surface area contributed by atoms with Crippen molar-refractivity contribution in [1.82, 2.24) is 4.98 Å². The fourth-order valence-electron chi connectivity index (χ4n) is 3.10. The van der Waals surface area contributed by atoms with Crippen LogP contribution in [0.4, 0.5) is 11.5 Å². The fourth-order valence-corrected chi connectivity index (χ4v) is 3.10. The van der Waals surface area contributed by atoms with Gasteiger partial charge in [0.05, 0.1) is 18.1 Å². The normalized spacial score (nSPS) is 21.6. The molecule has 0 N–H and O–H groups in total. The van der Waals surface area contributed by atoms with E-state index in [-0.39, 0.29) is 11.5 Å². The van der Waals surface area contributed by atoms with E-state index in [4.69, 9.17) is 9.47 Å². The molecule has 1 aliphatic carbocycles. The van der Waals surface area contributed by atoms with Gasteiger partial charge >= 0.3 is 0 Å². The quantitative estimate of drug-likeness (QED) is 0.627. The van der Waals surface area contributed by atoms with E-state index >= 15 is 0 Å². The Labute approximate surface area is 123 Å². The van der Waals surface area contributed by atoms with Crippen molar-refractivity contribution in [2.75, 3.05) is 25.2 Å². The zero-order chi connectivity index (χ0) is 14.9. The largest absolute Gasteiger partial charge is 0.357 e. The number of rotatable bonds is 3. The third-order valence-electron chi connectivity index (χ3n) is 4.38. The predicted octanol–water partition coefficient (Wildman–Crippen LogP) is 2.11. The molecule has 0 bridgehead atoms. The lowest BCUT2D eigenvalue weighted by Crippen LogP contribution is -2.43. The van der Waals surface area contributed by atoms with E-state index in [1.165, 1.54) is 12.3 Å². The highest BCUT2D eigenvalue weighted by Crippen LogP contribution is 2.37. The van der Waals surface area contributed by atoms with Gasteiger partial charge in [0.1, 0.15) is 12.0 Å². The van der Waals surface area contributed by atoms with E-state index in [2.05, 4.69) is 9.88 Å². The Kier molecular flexibility index (Phi) is 3.77. The van der Waals surface area contributed by atoms with Crippen LogP contribution in [0.3, 0.4) is 0 Å². The summed E-state index contributed by atoms with van der Waals surface area (Å²) in [6, 6.07) is 3.55. The van der Waals surface area contributed by atoms with E-state index in [9.17, 15) is 10.1 Å². The monoisotopic (exact) mass is 293 g/mol. The van der Waals surface area contributed by atoms with Gasteiger partial charge in [-0.15, -0.1) is 0 Å². The second-order valence-corrected chi connectivity index (χ2v) is 5.58. The van der Waals surface area contributed by atoms with Crippen LogP contribution in [-0.4, -0.2) is 42.0 Å². The Morgan fingerprint density at radius 3 is 2.52 bits per heavy atom. The van der Waals surface area contributed by atoms with Crippen molar-refractivity contribution in [1.29, 1.82) is 0 Å². The molecule has 1 saturated heterocycles. The van der Waals surface area contributed by atoms with Crippen LogP contribution < -0.4 is 4.90 Å². The fraction of sp³-hybridized carbons (Fsp3) is 0.643. The van der Waals surface area contributed by atoms with Crippen LogP contribution in [0.15, 0.2) is 18.3 Å². The SMILES string of the molecule is CN(c1ccc([N+](=O)[O-])cn1)C1CCC2(CC1)OCCO2. The van der Waals surface area contributed by atoms with Crippen LogP contribution in [0, 0.1) is 10.1 Å². The molecule has 1 aromatic heterocycles. The second-order valence-electron chi connectivity index (χ2n) is 5.58. The maximum Gasteiger partial charge on any atom is 0.287 e. The van der Waals surface area contributed by atoms with E-state index in [0.29, 0.717) is 19.3 Å². The Morgan fingerprint density at radius 2 is 2.00 bits per heavy atom. The molecule has 7 nitrogen and oxygen atoms in total. The van der Waals surface area contributed by atoms with Crippen LogP contribution in [-0.2, 0) is 9.47 Å². The molecule has 1 saturated carbocycles. The van der Waals surface area contributed by atoms with E-state index in [1.54, 1.807) is 6.07 Å². The molecule has 2 aliphatic rings. The zero-order valence-electron chi connectivity index (χ0n) is 12.0. The van der Waals surface area contributed by atoms with Crippen LogP contribution in [0.5, 0.6) is 0 Å². The minimum Gasteiger partial charge on any atom is -0.357 e. The summed E-state index contributed by atoms with van der Waals surface area (Å²) in [7, 11) is 1.98. The first-order chi connectivity index (χ1) is 10.1. The maximum atomic E-state index is 10.7. The molecule has 21 heavy (non-hydrogen) atoms. The maximum absolute atomic E-state index is 10.7. The smallest absolute Gasteiger partial charge is 0.287 e. The molecule has 0 radical (unpaired) electrons. The molecular formula is C14H19N3O4. The highest BCUT2D eigenvalue weighted by molar-refractivity contribution is 5.43. The van der Waals surface area contributed by atoms with Crippen LogP contribution in [0.2, 0.25) is 0 Å². The van der Waals surface area contributed by atoms with Crippen molar-refractivity contribution in [2.24, 2.45) is 0 Å². The van der Waals surface area contributed by atoms with Gasteiger partial charge in [0.2, 0.25) is 0 Å². The minimum absolute atomic E-state index is 0.0162. The van der Waals surface area contributed by atoms with Crippen molar-refractivity contribution in [2.45, 2.75) is 37.5 Å². The molecule has 114 valence electrons. The van der Waals surface area contributed by atoms with Gasteiger partial charge < -0.3 is 14.4 Å². The van der Waals surface area contributed by atoms with Gasteiger partial charge in [-0.1, -0.05) is 0 Å². The van der Waals surface area contributed by atoms with E-state index < -0.39 is 4.92 Å². The van der Waals surface area contributed by atoms with Crippen LogP contribution in [0.25, 0.3) is 0 Å². The van der Waals surface area contributed by atoms with Gasteiger partial charge in [0.25, 0.3) is 5.69 Å². The molecule has 0 aromatic carbocycles. The number of pyridine rings is 1. The van der Waals surface area contributed by atoms with Crippen molar-refractivity contribution in [3.63, 3.8) is 0 Å². The number of anilines is 1. The highest BCUT2D eigenvalue weighted by Gasteiger charge is 2.41. The highest BCUT2D eigenvalue weighted by atomic mass is 16.7. The molecular weight excluding hydrogens is 274 g/mol. The van der Waals surface area contributed by atoms with Crippen molar-refractivity contribution in [3.05, 3.63) is 28.4 Å². The molecule has 2 fully saturated rings. The van der Waals surface area contributed by atoms with Gasteiger partial charge in [-0.3, -0.25) is 10.1 Å². The van der Waals surface area contributed by atoms with Crippen LogP contribution in [0.1, 0.15) is 25.7 Å². The van der Waals surface area contributed by atoms with Gasteiger partial charge in [0, 0.05) is 32.0 Å². The van der Waals surface area contributed by atoms with Gasteiger partial charge in [-0.2, -0.15) is 0 Å². The van der Waals surface area contributed by atoms with Gasteiger partial charge in [-0.05, 0) is 18.9 Å². The molecule has 3 rings (SSSR count). The lowest BCUT2D eigenvalue weighted by molar-refractivity contribution is -0.385. The Balaban J connectivity index is 1.63. The number of nitro groups is 1. The lowest BCUT2D eigenvalue weighted by atomic mass is 9.89. The summed E-state index contributed by atoms with van der Waals surface area (Å²) in [6.45, 7) is 1.37. The molecule has 0 atom stereocenters. The summed E-state index contributed by atoms with van der Waals surface area (Å²) >= 11 is 0. The minimum atomic E-state index is -0.435. The third kappa shape index (κ3) is 2.84. The standard InChI is InChI=1S/C14H19N3O4/c1-16(13-3-2-12(10-15-13)17(18)19)11-4-6-14(7-5-11)20-8-9-21-14/h2-3,10-11H,4-9H2,1H3. The topological polar surface area (TPSA) is 77.7 Å². The molecule has 1 aromatic rings. The molecule has 0 unspecified atom stereocenters. The number of hydrogen-bond acceptors (Lipinski definition) is 6. The molecule has 2 heterocycles. The van der Waals surface area contributed by atoms with Gasteiger partial charge in [-0.25, -0.2) is 4.98 Å². The zero-order valence-corrected chi connectivity index (χ0v) is 12.0. The van der Waals surface area contributed by atoms with Crippen molar-refractivity contribution >= 4 is 11.5 Å². The van der Waals surface area contributed by atoms with Crippen LogP contribution >= 0.6 is 0 Å². The summed E-state index contributed by atoms with van der Waals surface area (Å²) < 4.78 is 11.5. The average Bonchev–Trinajstić information content (AvgIpc) is 2.96. The van der Waals surface area contributed by atoms with Crippen molar-refractivity contribution in [3.8, 4) is 0 Å². The first kappa shape index (κ1) is 14.2. The summed E-state index contributed by atoms with van der Waals surface area (Å²) in [6.07, 6.45) is 5.01. The number of nitrogens with zero attached hydrogens (tertiary/aromatic N) is 3. The molecule has 0 amide bonds. The molecule has 7 heteroatoms. The predicted molar refractivity (Wildman–Crippen MR) is 76.2 cm³/mol. The Bertz CT molecular complexity index is 503.